The molecule has 1 rings (SSSR count). The lowest BCUT2D eigenvalue weighted by Gasteiger charge is -2.30. The minimum atomic E-state index is -2.99. The van der Waals surface area contributed by atoms with Crippen LogP contribution in [-0.4, -0.2) is 44.2 Å². The van der Waals surface area contributed by atoms with Gasteiger partial charge in [0.2, 0.25) is 10.0 Å². The van der Waals surface area contributed by atoms with Crippen LogP contribution >= 0.6 is 0 Å². The van der Waals surface area contributed by atoms with Gasteiger partial charge in [0.05, 0.1) is 5.75 Å². The summed E-state index contributed by atoms with van der Waals surface area (Å²) < 4.78 is 25.2. The minimum Gasteiger partial charge on any atom is -0.312 e. The summed E-state index contributed by atoms with van der Waals surface area (Å²) in [6.45, 7) is 6.03. The van der Waals surface area contributed by atoms with Gasteiger partial charge in [-0.15, -0.1) is 0 Å². The van der Waals surface area contributed by atoms with E-state index in [0.717, 1.165) is 19.4 Å². The van der Waals surface area contributed by atoms with Crippen LogP contribution in [0.25, 0.3) is 0 Å². The number of hydrogen-bond acceptors (Lipinski definition) is 3. The molecule has 14 heavy (non-hydrogen) atoms. The quantitative estimate of drug-likeness (QED) is 0.746. The summed E-state index contributed by atoms with van der Waals surface area (Å²) >= 11 is 0. The summed E-state index contributed by atoms with van der Waals surface area (Å²) in [6.07, 6.45) is 1.70. The number of rotatable bonds is 4. The first-order valence-electron chi connectivity index (χ1n) is 5.27. The van der Waals surface area contributed by atoms with Crippen LogP contribution in [0.1, 0.15) is 26.7 Å². The second-order valence-corrected chi connectivity index (χ2v) is 5.97. The molecule has 1 saturated heterocycles. The number of sulfonamides is 1. The second kappa shape index (κ2) is 5.09. The fraction of sp³-hybridized carbons (Fsp3) is 1.00. The standard InChI is InChI=1S/C9H20N2O2S/c1-3-4-7-14(12,13)11-6-5-10-9(2)8-11/h9-10H,3-8H2,1-2H3/t9-/m1/s1. The average molecular weight is 220 g/mol. The molecule has 0 saturated carbocycles. The molecule has 0 bridgehead atoms. The lowest BCUT2D eigenvalue weighted by Crippen LogP contribution is -2.51. The smallest absolute Gasteiger partial charge is 0.214 e. The SMILES string of the molecule is CCCCS(=O)(=O)N1CCN[C@H](C)C1. The van der Waals surface area contributed by atoms with Gasteiger partial charge in [0.1, 0.15) is 0 Å². The summed E-state index contributed by atoms with van der Waals surface area (Å²) in [4.78, 5) is 0. The molecule has 4 nitrogen and oxygen atoms in total. The van der Waals surface area contributed by atoms with Crippen molar-refractivity contribution in [2.75, 3.05) is 25.4 Å². The summed E-state index contributed by atoms with van der Waals surface area (Å²) in [5, 5.41) is 3.23. The summed E-state index contributed by atoms with van der Waals surface area (Å²) in [7, 11) is -2.99. The van der Waals surface area contributed by atoms with E-state index in [2.05, 4.69) is 5.32 Å². The van der Waals surface area contributed by atoms with Gasteiger partial charge in [-0.3, -0.25) is 0 Å². The number of nitrogens with one attached hydrogen (secondary N) is 1. The van der Waals surface area contributed by atoms with Gasteiger partial charge in [-0.25, -0.2) is 8.42 Å². The van der Waals surface area contributed by atoms with Crippen molar-refractivity contribution in [2.24, 2.45) is 0 Å². The molecule has 0 amide bonds. The summed E-state index contributed by atoms with van der Waals surface area (Å²) in [5.41, 5.74) is 0. The predicted octanol–water partition coefficient (Wildman–Crippen LogP) is 0.410. The Hall–Kier alpha value is -0.130. The molecular formula is C9H20N2O2S. The van der Waals surface area contributed by atoms with Crippen molar-refractivity contribution in [3.05, 3.63) is 0 Å². The Balaban J connectivity index is 2.53. The van der Waals surface area contributed by atoms with E-state index in [-0.39, 0.29) is 6.04 Å². The first kappa shape index (κ1) is 11.9. The molecule has 1 aliphatic heterocycles. The molecule has 1 N–H and O–H groups in total. The van der Waals surface area contributed by atoms with Crippen molar-refractivity contribution in [2.45, 2.75) is 32.7 Å². The monoisotopic (exact) mass is 220 g/mol. The Morgan fingerprint density at radius 2 is 2.21 bits per heavy atom. The number of hydrogen-bond donors (Lipinski definition) is 1. The van der Waals surface area contributed by atoms with Crippen LogP contribution in [0.2, 0.25) is 0 Å². The number of piperazine rings is 1. The Labute approximate surface area is 86.7 Å². The van der Waals surface area contributed by atoms with Gasteiger partial charge >= 0.3 is 0 Å². The third-order valence-electron chi connectivity index (χ3n) is 2.48. The van der Waals surface area contributed by atoms with Crippen LogP contribution in [0.4, 0.5) is 0 Å². The largest absolute Gasteiger partial charge is 0.312 e. The van der Waals surface area contributed by atoms with Gasteiger partial charge in [-0.1, -0.05) is 13.3 Å². The van der Waals surface area contributed by atoms with E-state index in [4.69, 9.17) is 0 Å². The fourth-order valence-electron chi connectivity index (χ4n) is 1.61. The molecule has 0 aliphatic carbocycles. The Morgan fingerprint density at radius 1 is 1.50 bits per heavy atom. The zero-order valence-electron chi connectivity index (χ0n) is 8.99. The van der Waals surface area contributed by atoms with E-state index in [1.165, 1.54) is 0 Å². The van der Waals surface area contributed by atoms with Gasteiger partial charge in [-0.05, 0) is 13.3 Å². The summed E-state index contributed by atoms with van der Waals surface area (Å²) in [6, 6.07) is 0.278. The Bertz CT molecular complexity index is 264. The highest BCUT2D eigenvalue weighted by molar-refractivity contribution is 7.89. The van der Waals surface area contributed by atoms with Crippen LogP contribution < -0.4 is 5.32 Å². The van der Waals surface area contributed by atoms with E-state index >= 15 is 0 Å². The van der Waals surface area contributed by atoms with Gasteiger partial charge in [0, 0.05) is 25.7 Å². The first-order chi connectivity index (χ1) is 6.56. The Kier molecular flexibility index (Phi) is 4.34. The molecule has 84 valence electrons. The topological polar surface area (TPSA) is 49.4 Å². The van der Waals surface area contributed by atoms with E-state index in [1.54, 1.807) is 4.31 Å². The molecule has 1 heterocycles. The molecule has 1 aliphatic rings. The van der Waals surface area contributed by atoms with Crippen LogP contribution in [0.5, 0.6) is 0 Å². The molecule has 0 spiro atoms. The third kappa shape index (κ3) is 3.22. The molecule has 1 fully saturated rings. The maximum absolute atomic E-state index is 11.8. The predicted molar refractivity (Wildman–Crippen MR) is 57.7 cm³/mol. The van der Waals surface area contributed by atoms with Crippen LogP contribution in [0.3, 0.4) is 0 Å². The third-order valence-corrected chi connectivity index (χ3v) is 4.40. The van der Waals surface area contributed by atoms with Crippen molar-refractivity contribution in [3.8, 4) is 0 Å². The second-order valence-electron chi connectivity index (χ2n) is 3.88. The van der Waals surface area contributed by atoms with Crippen LogP contribution in [0, 0.1) is 0 Å². The molecule has 0 unspecified atom stereocenters. The van der Waals surface area contributed by atoms with Gasteiger partial charge < -0.3 is 5.32 Å². The van der Waals surface area contributed by atoms with Gasteiger partial charge in [0.15, 0.2) is 0 Å². The van der Waals surface area contributed by atoms with E-state index in [0.29, 0.717) is 18.8 Å². The van der Waals surface area contributed by atoms with Crippen molar-refractivity contribution in [3.63, 3.8) is 0 Å². The van der Waals surface area contributed by atoms with Crippen molar-refractivity contribution in [1.29, 1.82) is 0 Å². The molecule has 1 atom stereocenters. The van der Waals surface area contributed by atoms with Crippen LogP contribution in [-0.2, 0) is 10.0 Å². The highest BCUT2D eigenvalue weighted by atomic mass is 32.2. The zero-order chi connectivity index (χ0) is 10.6. The van der Waals surface area contributed by atoms with Crippen LogP contribution in [0.15, 0.2) is 0 Å². The maximum Gasteiger partial charge on any atom is 0.214 e. The fourth-order valence-corrected chi connectivity index (χ4v) is 3.34. The minimum absolute atomic E-state index is 0.278. The Morgan fingerprint density at radius 3 is 2.79 bits per heavy atom. The van der Waals surface area contributed by atoms with E-state index < -0.39 is 10.0 Å². The highest BCUT2D eigenvalue weighted by Gasteiger charge is 2.25. The molecular weight excluding hydrogens is 200 g/mol. The average Bonchev–Trinajstić information content (AvgIpc) is 2.15. The van der Waals surface area contributed by atoms with Crippen molar-refractivity contribution >= 4 is 10.0 Å². The van der Waals surface area contributed by atoms with Gasteiger partial charge in [0.25, 0.3) is 0 Å². The first-order valence-corrected chi connectivity index (χ1v) is 6.88. The molecule has 0 aromatic rings. The van der Waals surface area contributed by atoms with Crippen molar-refractivity contribution in [1.82, 2.24) is 9.62 Å². The normalized spacial score (nSPS) is 25.1. The maximum atomic E-state index is 11.8. The van der Waals surface area contributed by atoms with Crippen molar-refractivity contribution < 1.29 is 8.42 Å². The number of unbranched alkanes of at least 4 members (excludes halogenated alkanes) is 1. The molecule has 5 heteroatoms. The summed E-state index contributed by atoms with van der Waals surface area (Å²) in [5.74, 6) is 0.302. The molecule has 0 aromatic heterocycles. The van der Waals surface area contributed by atoms with E-state index in [9.17, 15) is 8.42 Å². The number of nitrogens with zero attached hydrogens (tertiary/aromatic N) is 1. The lowest BCUT2D eigenvalue weighted by molar-refractivity contribution is 0.310. The zero-order valence-corrected chi connectivity index (χ0v) is 9.81. The lowest BCUT2D eigenvalue weighted by atomic mass is 10.3. The molecule has 0 radical (unpaired) electrons. The van der Waals surface area contributed by atoms with Gasteiger partial charge in [-0.2, -0.15) is 4.31 Å². The molecule has 0 aromatic carbocycles. The van der Waals surface area contributed by atoms with E-state index in [1.807, 2.05) is 13.8 Å². The highest BCUT2D eigenvalue weighted by Crippen LogP contribution is 2.08.